The maximum atomic E-state index is 12.3. The lowest BCUT2D eigenvalue weighted by Gasteiger charge is -2.30. The Kier molecular flexibility index (Phi) is 4.48. The molecule has 7 nitrogen and oxygen atoms in total. The molecule has 2 heterocycles. The van der Waals surface area contributed by atoms with Gasteiger partial charge in [-0.15, -0.1) is 0 Å². The molecule has 3 rings (SSSR count). The Balaban J connectivity index is 1.96. The summed E-state index contributed by atoms with van der Waals surface area (Å²) in [6.07, 6.45) is 0.0745. The fourth-order valence-electron chi connectivity index (χ4n) is 2.97. The average Bonchev–Trinajstić information content (AvgIpc) is 2.93. The largest absolute Gasteiger partial charge is 0.476 e. The molecular formula is C19H23N3O4. The van der Waals surface area contributed by atoms with E-state index in [2.05, 4.69) is 5.10 Å². The summed E-state index contributed by atoms with van der Waals surface area (Å²) < 4.78 is 7.08. The van der Waals surface area contributed by atoms with Crippen LogP contribution in [0.5, 0.6) is 0 Å². The normalized spacial score (nSPS) is 14.1. The molecule has 7 heteroatoms. The maximum absolute atomic E-state index is 12.3. The molecule has 138 valence electrons. The van der Waals surface area contributed by atoms with Crippen molar-refractivity contribution >= 4 is 12.1 Å². The van der Waals surface area contributed by atoms with Crippen molar-refractivity contribution in [1.29, 1.82) is 0 Å². The highest BCUT2D eigenvalue weighted by atomic mass is 16.6. The van der Waals surface area contributed by atoms with Crippen LogP contribution in [0, 0.1) is 6.92 Å². The van der Waals surface area contributed by atoms with E-state index in [4.69, 9.17) is 4.74 Å². The van der Waals surface area contributed by atoms with Gasteiger partial charge in [-0.2, -0.15) is 5.10 Å². The van der Waals surface area contributed by atoms with E-state index < -0.39 is 17.7 Å². The Morgan fingerprint density at radius 2 is 1.85 bits per heavy atom. The van der Waals surface area contributed by atoms with Crippen molar-refractivity contribution in [3.05, 3.63) is 46.8 Å². The van der Waals surface area contributed by atoms with Gasteiger partial charge in [0.2, 0.25) is 0 Å². The fourth-order valence-corrected chi connectivity index (χ4v) is 2.97. The van der Waals surface area contributed by atoms with Crippen molar-refractivity contribution in [2.45, 2.75) is 46.3 Å². The molecule has 26 heavy (non-hydrogen) atoms. The molecule has 0 spiro atoms. The molecule has 1 aromatic heterocycles. The van der Waals surface area contributed by atoms with E-state index in [1.807, 2.05) is 31.2 Å². The van der Waals surface area contributed by atoms with Gasteiger partial charge >= 0.3 is 12.1 Å². The second kappa shape index (κ2) is 6.48. The second-order valence-electron chi connectivity index (χ2n) is 7.48. The van der Waals surface area contributed by atoms with Crippen LogP contribution in [0.1, 0.15) is 48.1 Å². The molecule has 0 atom stereocenters. The number of carboxylic acid groups (broad SMARTS) is 1. The third kappa shape index (κ3) is 3.56. The minimum Gasteiger partial charge on any atom is -0.476 e. The van der Waals surface area contributed by atoms with Crippen LogP contribution in [0.25, 0.3) is 5.69 Å². The number of ether oxygens (including phenoxy) is 1. The first-order valence-electron chi connectivity index (χ1n) is 8.55. The lowest BCUT2D eigenvalue weighted by molar-refractivity contribution is 0.0221. The molecule has 0 radical (unpaired) electrons. The van der Waals surface area contributed by atoms with Crippen LogP contribution >= 0.6 is 0 Å². The van der Waals surface area contributed by atoms with E-state index in [0.29, 0.717) is 18.5 Å². The summed E-state index contributed by atoms with van der Waals surface area (Å²) in [7, 11) is 0. The summed E-state index contributed by atoms with van der Waals surface area (Å²) >= 11 is 0. The minimum absolute atomic E-state index is 0.0196. The summed E-state index contributed by atoms with van der Waals surface area (Å²) in [5.41, 5.74) is 2.70. The van der Waals surface area contributed by atoms with E-state index in [-0.39, 0.29) is 12.2 Å². The molecule has 2 aromatic rings. The van der Waals surface area contributed by atoms with Crippen LogP contribution < -0.4 is 0 Å². The number of amides is 1. The molecule has 0 saturated heterocycles. The highest BCUT2D eigenvalue weighted by Crippen LogP contribution is 2.26. The summed E-state index contributed by atoms with van der Waals surface area (Å²) in [6.45, 7) is 8.04. The average molecular weight is 357 g/mol. The van der Waals surface area contributed by atoms with Crippen LogP contribution in [0.15, 0.2) is 24.3 Å². The van der Waals surface area contributed by atoms with Crippen LogP contribution in [0.3, 0.4) is 0 Å². The summed E-state index contributed by atoms with van der Waals surface area (Å²) in [5.74, 6) is -1.10. The monoisotopic (exact) mass is 357 g/mol. The van der Waals surface area contributed by atoms with E-state index in [0.717, 1.165) is 16.9 Å². The van der Waals surface area contributed by atoms with Gasteiger partial charge in [-0.05, 0) is 39.8 Å². The molecule has 1 N–H and O–H groups in total. The number of nitrogens with zero attached hydrogens (tertiary/aromatic N) is 3. The standard InChI is InChI=1S/C19H23N3O4/c1-12-5-7-13(8-6-12)22-15-9-10-21(18(25)26-19(2,3)4)11-14(15)16(20-22)17(23)24/h5-8H,9-11H2,1-4H3,(H,23,24). The SMILES string of the molecule is Cc1ccc(-n2nc(C(=O)O)c3c2CCN(C(=O)OC(C)(C)C)C3)cc1. The number of fused-ring (bicyclic) bond motifs is 1. The number of hydrogen-bond acceptors (Lipinski definition) is 4. The molecule has 0 fully saturated rings. The van der Waals surface area contributed by atoms with Gasteiger partial charge in [0.15, 0.2) is 5.69 Å². The van der Waals surface area contributed by atoms with Gasteiger partial charge in [-0.3, -0.25) is 0 Å². The first kappa shape index (κ1) is 18.0. The molecule has 1 amide bonds. The quantitative estimate of drug-likeness (QED) is 0.892. The van der Waals surface area contributed by atoms with Crippen LogP contribution in [-0.4, -0.2) is 44.0 Å². The summed E-state index contributed by atoms with van der Waals surface area (Å²) in [5, 5.41) is 13.8. The lowest BCUT2D eigenvalue weighted by Crippen LogP contribution is -2.40. The molecule has 0 saturated carbocycles. The van der Waals surface area contributed by atoms with Gasteiger partial charge in [0, 0.05) is 18.5 Å². The summed E-state index contributed by atoms with van der Waals surface area (Å²) in [6, 6.07) is 7.74. The lowest BCUT2D eigenvalue weighted by atomic mass is 10.1. The van der Waals surface area contributed by atoms with Crippen molar-refractivity contribution < 1.29 is 19.4 Å². The van der Waals surface area contributed by atoms with Crippen molar-refractivity contribution in [2.24, 2.45) is 0 Å². The van der Waals surface area contributed by atoms with Gasteiger partial charge in [-0.25, -0.2) is 14.3 Å². The predicted octanol–water partition coefficient (Wildman–Crippen LogP) is 3.17. The van der Waals surface area contributed by atoms with Crippen LogP contribution in [0.4, 0.5) is 4.79 Å². The molecule has 0 unspecified atom stereocenters. The molecule has 1 aliphatic heterocycles. The summed E-state index contributed by atoms with van der Waals surface area (Å²) in [4.78, 5) is 25.5. The molecule has 0 aliphatic carbocycles. The number of carbonyl (C=O) groups excluding carboxylic acids is 1. The maximum Gasteiger partial charge on any atom is 0.410 e. The number of rotatable bonds is 2. The highest BCUT2D eigenvalue weighted by molar-refractivity contribution is 5.88. The Labute approximate surface area is 152 Å². The number of carboxylic acids is 1. The minimum atomic E-state index is -1.10. The zero-order valence-electron chi connectivity index (χ0n) is 15.4. The fraction of sp³-hybridized carbons (Fsp3) is 0.421. The number of hydrogen-bond donors (Lipinski definition) is 1. The van der Waals surface area contributed by atoms with Crippen LogP contribution in [0.2, 0.25) is 0 Å². The third-order valence-corrected chi connectivity index (χ3v) is 4.19. The second-order valence-corrected chi connectivity index (χ2v) is 7.48. The highest BCUT2D eigenvalue weighted by Gasteiger charge is 2.32. The number of benzene rings is 1. The predicted molar refractivity (Wildman–Crippen MR) is 95.6 cm³/mol. The van der Waals surface area contributed by atoms with E-state index in [1.54, 1.807) is 25.5 Å². The first-order valence-corrected chi connectivity index (χ1v) is 8.55. The van der Waals surface area contributed by atoms with Gasteiger partial charge in [-0.1, -0.05) is 17.7 Å². The van der Waals surface area contributed by atoms with Gasteiger partial charge in [0.25, 0.3) is 0 Å². The van der Waals surface area contributed by atoms with Crippen molar-refractivity contribution in [1.82, 2.24) is 14.7 Å². The van der Waals surface area contributed by atoms with Crippen LogP contribution in [-0.2, 0) is 17.7 Å². The van der Waals surface area contributed by atoms with Gasteiger partial charge in [0.05, 0.1) is 17.9 Å². The topological polar surface area (TPSA) is 84.7 Å². The Hall–Kier alpha value is -2.83. The molecule has 0 bridgehead atoms. The molecule has 1 aliphatic rings. The Morgan fingerprint density at radius 3 is 2.42 bits per heavy atom. The smallest absolute Gasteiger partial charge is 0.410 e. The van der Waals surface area contributed by atoms with E-state index >= 15 is 0 Å². The third-order valence-electron chi connectivity index (χ3n) is 4.19. The zero-order valence-corrected chi connectivity index (χ0v) is 15.4. The van der Waals surface area contributed by atoms with Gasteiger partial charge in [0.1, 0.15) is 5.60 Å². The van der Waals surface area contributed by atoms with Gasteiger partial charge < -0.3 is 14.7 Å². The van der Waals surface area contributed by atoms with Crippen molar-refractivity contribution in [3.8, 4) is 5.69 Å². The number of aromatic nitrogens is 2. The number of carbonyl (C=O) groups is 2. The van der Waals surface area contributed by atoms with Crippen molar-refractivity contribution in [2.75, 3.05) is 6.54 Å². The van der Waals surface area contributed by atoms with Crippen molar-refractivity contribution in [3.63, 3.8) is 0 Å². The first-order chi connectivity index (χ1) is 12.2. The zero-order chi connectivity index (χ0) is 19.1. The van der Waals surface area contributed by atoms with E-state index in [1.165, 1.54) is 4.90 Å². The number of aromatic carboxylic acids is 1. The number of aryl methyl sites for hydroxylation is 1. The Morgan fingerprint density at radius 1 is 1.19 bits per heavy atom. The molecular weight excluding hydrogens is 334 g/mol. The molecule has 1 aromatic carbocycles. The van der Waals surface area contributed by atoms with E-state index in [9.17, 15) is 14.7 Å². The Bertz CT molecular complexity index is 847.